The van der Waals surface area contributed by atoms with Gasteiger partial charge in [-0.15, -0.1) is 11.3 Å². The Morgan fingerprint density at radius 3 is 1.76 bits per heavy atom. The van der Waals surface area contributed by atoms with Crippen LogP contribution in [0, 0.1) is 0 Å². The van der Waals surface area contributed by atoms with Gasteiger partial charge in [0.1, 0.15) is 4.83 Å². The van der Waals surface area contributed by atoms with E-state index in [1.807, 2.05) is 24.4 Å². The topological polar surface area (TPSA) is 48.8 Å². The molecule has 0 saturated carbocycles. The minimum Gasteiger partial charge on any atom is -0.398 e. The van der Waals surface area contributed by atoms with Crippen LogP contribution < -0.4 is 5.73 Å². The van der Waals surface area contributed by atoms with Crippen molar-refractivity contribution in [3.05, 3.63) is 230 Å². The minimum atomic E-state index is 0.691. The number of nitrogens with zero attached hydrogens (tertiary/aromatic N) is 3. The van der Waals surface area contributed by atoms with E-state index in [4.69, 9.17) is 10.7 Å². The average Bonchev–Trinajstić information content (AvgIpc) is 4.00. The SMILES string of the molecule is N/C(=C\C(=C/Cn1c2ccccc2c2cc(-c3ccc4c(c3)c3ccccc3n4-c3ccc(-c4cnc5sc6ccccc6c5c4)cc3)ccc21)c1ccccc1)c1ccccc1. The molecule has 4 nitrogen and oxygen atoms in total. The van der Waals surface area contributed by atoms with E-state index < -0.39 is 0 Å². The van der Waals surface area contributed by atoms with Crippen molar-refractivity contribution in [3.8, 4) is 27.9 Å². The molecule has 8 aromatic carbocycles. The van der Waals surface area contributed by atoms with Gasteiger partial charge >= 0.3 is 0 Å². The molecule has 0 aliphatic rings. The van der Waals surface area contributed by atoms with E-state index in [0.717, 1.165) is 44.0 Å². The lowest BCUT2D eigenvalue weighted by atomic mass is 10.0. The monoisotopic (exact) mass is 824 g/mol. The third kappa shape index (κ3) is 6.41. The van der Waals surface area contributed by atoms with Crippen LogP contribution in [0.2, 0.25) is 0 Å². The van der Waals surface area contributed by atoms with Crippen molar-refractivity contribution in [2.24, 2.45) is 5.73 Å². The van der Waals surface area contributed by atoms with Crippen LogP contribution in [0.5, 0.6) is 0 Å². The third-order valence-electron chi connectivity index (χ3n) is 12.5. The molecule has 63 heavy (non-hydrogen) atoms. The molecule has 0 spiro atoms. The summed E-state index contributed by atoms with van der Waals surface area (Å²) in [4.78, 5) is 5.94. The number of thiophene rings is 1. The molecule has 0 saturated heterocycles. The van der Waals surface area contributed by atoms with E-state index in [9.17, 15) is 0 Å². The second kappa shape index (κ2) is 15.2. The summed E-state index contributed by atoms with van der Waals surface area (Å²) in [6.07, 6.45) is 6.40. The summed E-state index contributed by atoms with van der Waals surface area (Å²) in [5, 5.41) is 7.42. The maximum Gasteiger partial charge on any atom is 0.124 e. The average molecular weight is 825 g/mol. The van der Waals surface area contributed by atoms with E-state index in [2.05, 4.69) is 203 Å². The molecule has 12 aromatic rings. The number of allylic oxidation sites excluding steroid dienone is 3. The van der Waals surface area contributed by atoms with Crippen molar-refractivity contribution in [2.45, 2.75) is 6.54 Å². The van der Waals surface area contributed by atoms with E-state index in [1.165, 1.54) is 70.2 Å². The normalized spacial score (nSPS) is 12.4. The third-order valence-corrected chi connectivity index (χ3v) is 13.6. The Morgan fingerprint density at radius 2 is 1.02 bits per heavy atom. The first-order chi connectivity index (χ1) is 31.1. The van der Waals surface area contributed by atoms with Gasteiger partial charge in [-0.2, -0.15) is 0 Å². The van der Waals surface area contributed by atoms with Crippen LogP contribution in [-0.2, 0) is 6.54 Å². The summed E-state index contributed by atoms with van der Waals surface area (Å²) in [7, 11) is 0. The van der Waals surface area contributed by atoms with Crippen LogP contribution in [-0.4, -0.2) is 14.1 Å². The summed E-state index contributed by atoms with van der Waals surface area (Å²) in [5.41, 5.74) is 21.2. The highest BCUT2D eigenvalue weighted by Gasteiger charge is 2.16. The van der Waals surface area contributed by atoms with Crippen LogP contribution in [0.3, 0.4) is 0 Å². The van der Waals surface area contributed by atoms with E-state index in [1.54, 1.807) is 11.3 Å². The molecule has 0 atom stereocenters. The Bertz CT molecular complexity index is 3760. The second-order valence-corrected chi connectivity index (χ2v) is 17.2. The number of pyridine rings is 1. The lowest BCUT2D eigenvalue weighted by Gasteiger charge is -2.10. The van der Waals surface area contributed by atoms with Crippen LogP contribution >= 0.6 is 11.3 Å². The van der Waals surface area contributed by atoms with Gasteiger partial charge in [0.15, 0.2) is 0 Å². The van der Waals surface area contributed by atoms with Crippen molar-refractivity contribution in [3.63, 3.8) is 0 Å². The zero-order valence-corrected chi connectivity index (χ0v) is 35.1. The molecule has 4 aromatic heterocycles. The standard InChI is InChI=1S/C58H40N4S/c59-52(40-15-5-2-6-16-40)36-43(38-13-3-1-4-14-38)31-32-61-53-20-10-7-17-46(53)49-33-41(25-29-54(49)61)42-26-30-56-50(34-42)47-18-8-11-21-55(47)62(56)45-27-23-39(24-28-45)44-35-51-48-19-9-12-22-57(48)63-58(51)60-37-44/h1-31,33-37H,32,59H2/b43-31+,52-36-. The lowest BCUT2D eigenvalue weighted by molar-refractivity contribution is 0.900. The Labute approximate surface area is 368 Å². The van der Waals surface area contributed by atoms with Gasteiger partial charge < -0.3 is 14.9 Å². The molecule has 0 aliphatic carbocycles. The zero-order chi connectivity index (χ0) is 41.9. The highest BCUT2D eigenvalue weighted by Crippen LogP contribution is 2.39. The molecule has 0 unspecified atom stereocenters. The smallest absolute Gasteiger partial charge is 0.124 e. The molecule has 2 N–H and O–H groups in total. The fourth-order valence-electron chi connectivity index (χ4n) is 9.39. The van der Waals surface area contributed by atoms with Gasteiger partial charge in [0.05, 0.1) is 11.0 Å². The Hall–Kier alpha value is -7.99. The van der Waals surface area contributed by atoms with Crippen molar-refractivity contribution in [1.29, 1.82) is 0 Å². The molecule has 5 heteroatoms. The van der Waals surface area contributed by atoms with Crippen molar-refractivity contribution >= 4 is 86.5 Å². The summed E-state index contributed by atoms with van der Waals surface area (Å²) in [6, 6.07) is 71.8. The second-order valence-electron chi connectivity index (χ2n) is 16.2. The van der Waals surface area contributed by atoms with Gasteiger partial charge in [-0.3, -0.25) is 0 Å². The highest BCUT2D eigenvalue weighted by atomic mass is 32.1. The van der Waals surface area contributed by atoms with Crippen LogP contribution in [0.25, 0.3) is 103 Å². The maximum absolute atomic E-state index is 6.69. The molecule has 298 valence electrons. The molecule has 0 amide bonds. The van der Waals surface area contributed by atoms with E-state index in [-0.39, 0.29) is 0 Å². The first kappa shape index (κ1) is 36.8. The largest absolute Gasteiger partial charge is 0.398 e. The molecular weight excluding hydrogens is 785 g/mol. The predicted octanol–water partition coefficient (Wildman–Crippen LogP) is 15.1. The van der Waals surface area contributed by atoms with Gasteiger partial charge in [-0.25, -0.2) is 4.98 Å². The van der Waals surface area contributed by atoms with E-state index >= 15 is 0 Å². The number of hydrogen-bond acceptors (Lipinski definition) is 3. The van der Waals surface area contributed by atoms with Gasteiger partial charge in [0.2, 0.25) is 0 Å². The molecule has 0 aliphatic heterocycles. The fraction of sp³-hybridized carbons (Fsp3) is 0.0172. The maximum atomic E-state index is 6.69. The number of benzene rings is 8. The molecule has 0 radical (unpaired) electrons. The Morgan fingerprint density at radius 1 is 0.476 bits per heavy atom. The zero-order valence-electron chi connectivity index (χ0n) is 34.3. The van der Waals surface area contributed by atoms with Gasteiger partial charge in [0.25, 0.3) is 0 Å². The molecule has 0 bridgehead atoms. The predicted molar refractivity (Wildman–Crippen MR) is 268 cm³/mol. The van der Waals surface area contributed by atoms with Crippen LogP contribution in [0.4, 0.5) is 0 Å². The summed E-state index contributed by atoms with van der Waals surface area (Å²) in [6.45, 7) is 0.691. The molecule has 12 rings (SSSR count). The fourth-order valence-corrected chi connectivity index (χ4v) is 10.4. The number of nitrogens with two attached hydrogens (primary N) is 1. The Kier molecular flexibility index (Phi) is 8.87. The van der Waals surface area contributed by atoms with Crippen LogP contribution in [0.1, 0.15) is 11.1 Å². The summed E-state index contributed by atoms with van der Waals surface area (Å²) < 4.78 is 6.08. The minimum absolute atomic E-state index is 0.691. The molecule has 4 heterocycles. The van der Waals surface area contributed by atoms with Gasteiger partial charge in [-0.1, -0.05) is 146 Å². The van der Waals surface area contributed by atoms with Gasteiger partial charge in [-0.05, 0) is 100 Å². The van der Waals surface area contributed by atoms with E-state index in [0.29, 0.717) is 6.54 Å². The highest BCUT2D eigenvalue weighted by molar-refractivity contribution is 7.25. The van der Waals surface area contributed by atoms with Crippen molar-refractivity contribution < 1.29 is 0 Å². The first-order valence-corrected chi connectivity index (χ1v) is 22.2. The molecule has 0 fully saturated rings. The Balaban J connectivity index is 0.912. The molecular formula is C58H40N4S. The van der Waals surface area contributed by atoms with Crippen LogP contribution in [0.15, 0.2) is 219 Å². The number of hydrogen-bond donors (Lipinski definition) is 1. The lowest BCUT2D eigenvalue weighted by Crippen LogP contribution is -1.99. The quantitative estimate of drug-likeness (QED) is 0.155. The number of rotatable bonds is 8. The number of para-hydroxylation sites is 2. The van der Waals surface area contributed by atoms with Crippen molar-refractivity contribution in [2.75, 3.05) is 0 Å². The summed E-state index contributed by atoms with van der Waals surface area (Å²) >= 11 is 1.75. The first-order valence-electron chi connectivity index (χ1n) is 21.4. The van der Waals surface area contributed by atoms with Gasteiger partial charge in [0, 0.05) is 77.7 Å². The van der Waals surface area contributed by atoms with Crippen molar-refractivity contribution in [1.82, 2.24) is 14.1 Å². The number of fused-ring (bicyclic) bond motifs is 9. The number of aromatic nitrogens is 3. The summed E-state index contributed by atoms with van der Waals surface area (Å²) in [5.74, 6) is 0.